The summed E-state index contributed by atoms with van der Waals surface area (Å²) in [5.74, 6) is -3.65. The zero-order chi connectivity index (χ0) is 13.8. The molecular weight excluding hydrogens is 258 g/mol. The van der Waals surface area contributed by atoms with Crippen LogP contribution in [0, 0.1) is 11.6 Å². The van der Waals surface area contributed by atoms with E-state index >= 15 is 0 Å². The lowest BCUT2D eigenvalue weighted by molar-refractivity contribution is 0.0830. The molecule has 1 aromatic heterocycles. The molecule has 0 aliphatic heterocycles. The summed E-state index contributed by atoms with van der Waals surface area (Å²) >= 11 is 0. The van der Waals surface area contributed by atoms with Gasteiger partial charge in [0.15, 0.2) is 17.4 Å². The van der Waals surface area contributed by atoms with E-state index in [4.69, 9.17) is 4.42 Å². The normalized spacial score (nSPS) is 10.0. The largest absolute Gasteiger partial charge is 0.459 e. The van der Waals surface area contributed by atoms with Crippen molar-refractivity contribution in [1.82, 2.24) is 10.9 Å². The van der Waals surface area contributed by atoms with Gasteiger partial charge in [-0.2, -0.15) is 0 Å². The third-order valence-electron chi connectivity index (χ3n) is 2.22. The highest BCUT2D eigenvalue weighted by Gasteiger charge is 2.12. The Morgan fingerprint density at radius 1 is 1.00 bits per heavy atom. The van der Waals surface area contributed by atoms with E-state index in [9.17, 15) is 18.4 Å². The van der Waals surface area contributed by atoms with Crippen LogP contribution < -0.4 is 10.9 Å². The van der Waals surface area contributed by atoms with Gasteiger partial charge in [-0.05, 0) is 30.3 Å². The van der Waals surface area contributed by atoms with E-state index in [1.807, 2.05) is 5.43 Å². The van der Waals surface area contributed by atoms with E-state index in [0.717, 1.165) is 18.2 Å². The van der Waals surface area contributed by atoms with Crippen molar-refractivity contribution in [2.24, 2.45) is 0 Å². The first-order chi connectivity index (χ1) is 9.08. The lowest BCUT2D eigenvalue weighted by atomic mass is 10.2. The number of hydrogen-bond acceptors (Lipinski definition) is 3. The first-order valence-electron chi connectivity index (χ1n) is 5.17. The minimum atomic E-state index is -1.15. The van der Waals surface area contributed by atoms with E-state index in [1.165, 1.54) is 18.4 Å². The zero-order valence-corrected chi connectivity index (χ0v) is 9.44. The van der Waals surface area contributed by atoms with E-state index in [-0.39, 0.29) is 11.3 Å². The third kappa shape index (κ3) is 2.95. The highest BCUT2D eigenvalue weighted by atomic mass is 19.2. The van der Waals surface area contributed by atoms with Crippen LogP contribution in [0.25, 0.3) is 0 Å². The van der Waals surface area contributed by atoms with Crippen LogP contribution in [0.5, 0.6) is 0 Å². The number of amides is 2. The second kappa shape index (κ2) is 5.30. The van der Waals surface area contributed by atoms with Crippen molar-refractivity contribution in [2.45, 2.75) is 0 Å². The molecule has 0 radical (unpaired) electrons. The summed E-state index contributed by atoms with van der Waals surface area (Å²) in [7, 11) is 0. The van der Waals surface area contributed by atoms with Gasteiger partial charge in [0.2, 0.25) is 0 Å². The molecule has 0 aliphatic rings. The standard InChI is InChI=1S/C12H8F2N2O3/c13-8-4-3-7(6-9(8)14)11(17)15-16-12(18)10-2-1-5-19-10/h1-6H,(H,15,17)(H,16,18). The lowest BCUT2D eigenvalue weighted by Crippen LogP contribution is -2.41. The average Bonchev–Trinajstić information content (AvgIpc) is 2.92. The van der Waals surface area contributed by atoms with Crippen molar-refractivity contribution in [3.8, 4) is 0 Å². The van der Waals surface area contributed by atoms with E-state index in [2.05, 4.69) is 5.43 Å². The summed E-state index contributed by atoms with van der Waals surface area (Å²) in [4.78, 5) is 22.9. The van der Waals surface area contributed by atoms with Crippen molar-refractivity contribution < 1.29 is 22.8 Å². The van der Waals surface area contributed by atoms with Gasteiger partial charge in [-0.15, -0.1) is 0 Å². The summed E-state index contributed by atoms with van der Waals surface area (Å²) < 4.78 is 30.4. The van der Waals surface area contributed by atoms with E-state index < -0.39 is 23.4 Å². The van der Waals surface area contributed by atoms with Crippen LogP contribution in [0.1, 0.15) is 20.9 Å². The van der Waals surface area contributed by atoms with Gasteiger partial charge in [-0.3, -0.25) is 20.4 Å². The molecular formula is C12H8F2N2O3. The lowest BCUT2D eigenvalue weighted by Gasteiger charge is -2.06. The van der Waals surface area contributed by atoms with Crippen molar-refractivity contribution in [1.29, 1.82) is 0 Å². The minimum absolute atomic E-state index is 0.00517. The Balaban J connectivity index is 1.98. The maximum atomic E-state index is 12.9. The second-order valence-corrected chi connectivity index (χ2v) is 3.51. The highest BCUT2D eigenvalue weighted by molar-refractivity contribution is 5.97. The van der Waals surface area contributed by atoms with E-state index in [1.54, 1.807) is 0 Å². The van der Waals surface area contributed by atoms with Gasteiger partial charge >= 0.3 is 5.91 Å². The molecule has 0 saturated heterocycles. The molecule has 19 heavy (non-hydrogen) atoms. The van der Waals surface area contributed by atoms with Crippen molar-refractivity contribution >= 4 is 11.8 Å². The predicted octanol–water partition coefficient (Wildman–Crippen LogP) is 1.63. The number of benzene rings is 1. The van der Waals surface area contributed by atoms with Gasteiger partial charge in [0.05, 0.1) is 6.26 Å². The number of nitrogens with one attached hydrogen (secondary N) is 2. The summed E-state index contributed by atoms with van der Waals surface area (Å²) in [6.45, 7) is 0. The molecule has 0 aliphatic carbocycles. The van der Waals surface area contributed by atoms with Crippen LogP contribution in [-0.4, -0.2) is 11.8 Å². The van der Waals surface area contributed by atoms with Gasteiger partial charge < -0.3 is 4.42 Å². The molecule has 2 amide bonds. The first kappa shape index (κ1) is 12.7. The van der Waals surface area contributed by atoms with E-state index in [0.29, 0.717) is 0 Å². The molecule has 98 valence electrons. The number of halogens is 2. The highest BCUT2D eigenvalue weighted by Crippen LogP contribution is 2.08. The molecule has 1 heterocycles. The molecule has 1 aromatic carbocycles. The molecule has 0 atom stereocenters. The zero-order valence-electron chi connectivity index (χ0n) is 9.44. The number of rotatable bonds is 2. The monoisotopic (exact) mass is 266 g/mol. The molecule has 0 unspecified atom stereocenters. The predicted molar refractivity (Wildman–Crippen MR) is 60.0 cm³/mol. The number of furan rings is 1. The van der Waals surface area contributed by atoms with Gasteiger partial charge in [0.1, 0.15) is 0 Å². The van der Waals surface area contributed by atoms with Crippen molar-refractivity contribution in [2.75, 3.05) is 0 Å². The first-order valence-corrected chi connectivity index (χ1v) is 5.17. The third-order valence-corrected chi connectivity index (χ3v) is 2.22. The van der Waals surface area contributed by atoms with Gasteiger partial charge in [0.25, 0.3) is 5.91 Å². The maximum absolute atomic E-state index is 12.9. The second-order valence-electron chi connectivity index (χ2n) is 3.51. The number of hydrogen-bond donors (Lipinski definition) is 2. The topological polar surface area (TPSA) is 71.3 Å². The quantitative estimate of drug-likeness (QED) is 0.811. The number of carbonyl (C=O) groups is 2. The Hall–Kier alpha value is -2.70. The van der Waals surface area contributed by atoms with Crippen molar-refractivity contribution in [3.05, 3.63) is 59.6 Å². The molecule has 0 fully saturated rings. The Morgan fingerprint density at radius 2 is 1.74 bits per heavy atom. The summed E-state index contributed by atoms with van der Waals surface area (Å²) in [6, 6.07) is 5.54. The molecule has 7 heteroatoms. The molecule has 0 saturated carbocycles. The average molecular weight is 266 g/mol. The SMILES string of the molecule is O=C(NNC(=O)c1ccco1)c1ccc(F)c(F)c1. The van der Waals surface area contributed by atoms with Crippen LogP contribution in [0.15, 0.2) is 41.0 Å². The van der Waals surface area contributed by atoms with Gasteiger partial charge in [-0.1, -0.05) is 0 Å². The number of carbonyl (C=O) groups excluding carboxylic acids is 2. The summed E-state index contributed by atoms with van der Waals surface area (Å²) in [5, 5.41) is 0. The minimum Gasteiger partial charge on any atom is -0.459 e. The summed E-state index contributed by atoms with van der Waals surface area (Å²) in [5.41, 5.74) is 3.99. The van der Waals surface area contributed by atoms with Crippen LogP contribution in [0.3, 0.4) is 0 Å². The molecule has 2 rings (SSSR count). The Bertz CT molecular complexity index is 611. The molecule has 0 spiro atoms. The fraction of sp³-hybridized carbons (Fsp3) is 0. The smallest absolute Gasteiger partial charge is 0.305 e. The number of hydrazine groups is 1. The summed E-state index contributed by atoms with van der Waals surface area (Å²) in [6.07, 6.45) is 1.30. The fourth-order valence-electron chi connectivity index (χ4n) is 1.29. The molecule has 0 bridgehead atoms. The Morgan fingerprint density at radius 3 is 2.37 bits per heavy atom. The van der Waals surface area contributed by atoms with Crippen LogP contribution in [0.2, 0.25) is 0 Å². The molecule has 2 aromatic rings. The molecule has 2 N–H and O–H groups in total. The van der Waals surface area contributed by atoms with Crippen LogP contribution in [0.4, 0.5) is 8.78 Å². The Kier molecular flexibility index (Phi) is 3.56. The Labute approximate surface area is 106 Å². The van der Waals surface area contributed by atoms with Crippen LogP contribution >= 0.6 is 0 Å². The van der Waals surface area contributed by atoms with Crippen LogP contribution in [-0.2, 0) is 0 Å². The fourth-order valence-corrected chi connectivity index (χ4v) is 1.29. The van der Waals surface area contributed by atoms with Gasteiger partial charge in [0, 0.05) is 5.56 Å². The maximum Gasteiger partial charge on any atom is 0.305 e. The van der Waals surface area contributed by atoms with Crippen molar-refractivity contribution in [3.63, 3.8) is 0 Å². The molecule has 5 nitrogen and oxygen atoms in total. The van der Waals surface area contributed by atoms with Gasteiger partial charge in [-0.25, -0.2) is 8.78 Å².